The summed E-state index contributed by atoms with van der Waals surface area (Å²) in [7, 11) is -1.69. The topological polar surface area (TPSA) is 20.2 Å². The van der Waals surface area contributed by atoms with Crippen molar-refractivity contribution in [2.45, 2.75) is 63.9 Å². The van der Waals surface area contributed by atoms with Crippen molar-refractivity contribution < 1.29 is 5.11 Å². The molecular formula is C12H26OSi. The van der Waals surface area contributed by atoms with Gasteiger partial charge in [-0.15, -0.1) is 6.58 Å². The summed E-state index contributed by atoms with van der Waals surface area (Å²) in [6.07, 6.45) is 1.74. The molecule has 0 aromatic heterocycles. The molecule has 2 heteroatoms. The van der Waals surface area contributed by atoms with Crippen LogP contribution in [0.2, 0.25) is 16.6 Å². The molecule has 0 rings (SSSR count). The van der Waals surface area contributed by atoms with Gasteiger partial charge >= 0.3 is 0 Å². The fraction of sp³-hybridized carbons (Fsp3) is 0.833. The van der Waals surface area contributed by atoms with Crippen LogP contribution in [-0.4, -0.2) is 18.9 Å². The molecule has 0 bridgehead atoms. The van der Waals surface area contributed by atoms with Crippen LogP contribution in [0.4, 0.5) is 0 Å². The number of aliphatic hydroxyl groups excluding tert-OH is 1. The van der Waals surface area contributed by atoms with Crippen LogP contribution in [0, 0.1) is 0 Å². The molecule has 0 saturated carbocycles. The fourth-order valence-electron chi connectivity index (χ4n) is 3.23. The molecular weight excluding hydrogens is 188 g/mol. The minimum atomic E-state index is -1.69. The second-order valence-electron chi connectivity index (χ2n) is 5.14. The quantitative estimate of drug-likeness (QED) is 0.546. The Hall–Kier alpha value is -0.0831. The van der Waals surface area contributed by atoms with Crippen LogP contribution in [0.5, 0.6) is 0 Å². The molecule has 1 N–H and O–H groups in total. The Morgan fingerprint density at radius 1 is 0.929 bits per heavy atom. The van der Waals surface area contributed by atoms with Crippen LogP contribution in [-0.2, 0) is 0 Å². The molecule has 84 valence electrons. The predicted molar refractivity (Wildman–Crippen MR) is 67.3 cm³/mol. The molecule has 0 aliphatic heterocycles. The molecule has 0 aliphatic rings. The molecule has 0 aliphatic carbocycles. The highest BCUT2D eigenvalue weighted by Crippen LogP contribution is 2.43. The summed E-state index contributed by atoms with van der Waals surface area (Å²) in [5.74, 6) is 0. The Labute approximate surface area is 90.2 Å². The third-order valence-corrected chi connectivity index (χ3v) is 11.0. The van der Waals surface area contributed by atoms with Crippen molar-refractivity contribution in [3.05, 3.63) is 12.7 Å². The van der Waals surface area contributed by atoms with Gasteiger partial charge in [0.05, 0.1) is 13.8 Å². The van der Waals surface area contributed by atoms with Crippen molar-refractivity contribution in [3.63, 3.8) is 0 Å². The van der Waals surface area contributed by atoms with Gasteiger partial charge in [-0.3, -0.25) is 0 Å². The van der Waals surface area contributed by atoms with Crippen molar-refractivity contribution in [2.24, 2.45) is 0 Å². The van der Waals surface area contributed by atoms with E-state index < -0.39 is 8.07 Å². The Bertz CT molecular complexity index is 163. The summed E-state index contributed by atoms with van der Waals surface area (Å²) in [6.45, 7) is 17.3. The SMILES string of the molecule is C=C[C@H](O)[Si](C(C)C)(C(C)C)C(C)C. The Morgan fingerprint density at radius 2 is 1.21 bits per heavy atom. The lowest BCUT2D eigenvalue weighted by Crippen LogP contribution is -2.54. The van der Waals surface area contributed by atoms with E-state index in [0.717, 1.165) is 0 Å². The van der Waals surface area contributed by atoms with E-state index >= 15 is 0 Å². The van der Waals surface area contributed by atoms with Crippen molar-refractivity contribution in [1.29, 1.82) is 0 Å². The van der Waals surface area contributed by atoms with E-state index in [1.807, 2.05) is 0 Å². The Morgan fingerprint density at radius 3 is 1.29 bits per heavy atom. The normalized spacial score (nSPS) is 15.3. The third-order valence-electron chi connectivity index (χ3n) is 3.74. The van der Waals surface area contributed by atoms with Gasteiger partial charge in [-0.05, 0) is 16.6 Å². The fourth-order valence-corrected chi connectivity index (χ4v) is 9.69. The summed E-state index contributed by atoms with van der Waals surface area (Å²) < 4.78 is 0. The maximum absolute atomic E-state index is 10.2. The van der Waals surface area contributed by atoms with Crippen LogP contribution in [0.1, 0.15) is 41.5 Å². The van der Waals surface area contributed by atoms with Gasteiger partial charge in [-0.25, -0.2) is 0 Å². The van der Waals surface area contributed by atoms with Gasteiger partial charge in [0, 0.05) is 0 Å². The van der Waals surface area contributed by atoms with Gasteiger partial charge in [-0.1, -0.05) is 47.6 Å². The summed E-state index contributed by atoms with van der Waals surface area (Å²) in [4.78, 5) is 0. The zero-order valence-corrected chi connectivity index (χ0v) is 11.5. The lowest BCUT2D eigenvalue weighted by Gasteiger charge is -2.45. The molecule has 0 heterocycles. The highest BCUT2D eigenvalue weighted by atomic mass is 28.3. The highest BCUT2D eigenvalue weighted by Gasteiger charge is 2.47. The summed E-state index contributed by atoms with van der Waals surface area (Å²) in [5.41, 5.74) is 1.50. The van der Waals surface area contributed by atoms with E-state index in [4.69, 9.17) is 0 Å². The largest absolute Gasteiger partial charge is 0.393 e. The highest BCUT2D eigenvalue weighted by molar-refractivity contribution is 6.84. The van der Waals surface area contributed by atoms with Crippen molar-refractivity contribution in [2.75, 3.05) is 0 Å². The average Bonchev–Trinajstić information content (AvgIpc) is 2.02. The van der Waals surface area contributed by atoms with E-state index in [9.17, 15) is 5.11 Å². The first-order valence-electron chi connectivity index (χ1n) is 5.62. The van der Waals surface area contributed by atoms with Crippen LogP contribution >= 0.6 is 0 Å². The van der Waals surface area contributed by atoms with Gasteiger partial charge in [0.15, 0.2) is 0 Å². The Balaban J connectivity index is 5.26. The molecule has 0 aromatic carbocycles. The van der Waals surface area contributed by atoms with Crippen LogP contribution < -0.4 is 0 Å². The predicted octanol–water partition coefficient (Wildman–Crippen LogP) is 3.75. The molecule has 0 saturated heterocycles. The lowest BCUT2D eigenvalue weighted by molar-refractivity contribution is 0.281. The number of hydrogen-bond acceptors (Lipinski definition) is 1. The zero-order chi connectivity index (χ0) is 11.5. The zero-order valence-electron chi connectivity index (χ0n) is 10.5. The first-order chi connectivity index (χ1) is 6.31. The first-order valence-corrected chi connectivity index (χ1v) is 7.93. The maximum Gasteiger partial charge on any atom is 0.0997 e. The second-order valence-corrected chi connectivity index (χ2v) is 11.2. The van der Waals surface area contributed by atoms with E-state index in [2.05, 4.69) is 48.1 Å². The monoisotopic (exact) mass is 214 g/mol. The molecule has 1 nitrogen and oxygen atoms in total. The molecule has 1 atom stereocenters. The lowest BCUT2D eigenvalue weighted by atomic mass is 10.5. The van der Waals surface area contributed by atoms with Gasteiger partial charge in [0.1, 0.15) is 0 Å². The van der Waals surface area contributed by atoms with Crippen LogP contribution in [0.15, 0.2) is 12.7 Å². The molecule has 14 heavy (non-hydrogen) atoms. The number of aliphatic hydroxyl groups is 1. The van der Waals surface area contributed by atoms with E-state index in [1.165, 1.54) is 0 Å². The third kappa shape index (κ3) is 2.11. The van der Waals surface area contributed by atoms with E-state index in [-0.39, 0.29) is 5.73 Å². The summed E-state index contributed by atoms with van der Waals surface area (Å²) >= 11 is 0. The number of hydrogen-bond donors (Lipinski definition) is 1. The smallest absolute Gasteiger partial charge is 0.0997 e. The van der Waals surface area contributed by atoms with Crippen molar-refractivity contribution in [3.8, 4) is 0 Å². The summed E-state index contributed by atoms with van der Waals surface area (Å²) in [5, 5.41) is 10.2. The minimum Gasteiger partial charge on any atom is -0.393 e. The van der Waals surface area contributed by atoms with Crippen molar-refractivity contribution >= 4 is 8.07 Å². The van der Waals surface area contributed by atoms with E-state index in [0.29, 0.717) is 16.6 Å². The van der Waals surface area contributed by atoms with Crippen LogP contribution in [0.25, 0.3) is 0 Å². The standard InChI is InChI=1S/C12H26OSi/c1-8-12(13)14(9(2)3,10(4)5)11(6)7/h8-13H,1H2,2-7H3/t12-/m1/s1. The summed E-state index contributed by atoms with van der Waals surface area (Å²) in [6, 6.07) is 0. The molecule has 0 amide bonds. The maximum atomic E-state index is 10.2. The van der Waals surface area contributed by atoms with Gasteiger partial charge < -0.3 is 5.11 Å². The van der Waals surface area contributed by atoms with Gasteiger partial charge in [0.2, 0.25) is 0 Å². The second kappa shape index (κ2) is 5.13. The van der Waals surface area contributed by atoms with Crippen LogP contribution in [0.3, 0.4) is 0 Å². The van der Waals surface area contributed by atoms with E-state index in [1.54, 1.807) is 6.08 Å². The molecule has 0 fully saturated rings. The van der Waals surface area contributed by atoms with Gasteiger partial charge in [0.25, 0.3) is 0 Å². The van der Waals surface area contributed by atoms with Gasteiger partial charge in [-0.2, -0.15) is 0 Å². The molecule has 0 unspecified atom stereocenters. The minimum absolute atomic E-state index is 0.275. The number of rotatable bonds is 5. The first kappa shape index (κ1) is 13.9. The molecule has 0 spiro atoms. The molecule has 0 aromatic rings. The van der Waals surface area contributed by atoms with Crippen molar-refractivity contribution in [1.82, 2.24) is 0 Å². The molecule has 0 radical (unpaired) electrons. The Kier molecular flexibility index (Phi) is 5.10. The average molecular weight is 214 g/mol.